The minimum atomic E-state index is -0.672. The highest BCUT2D eigenvalue weighted by Gasteiger charge is 2.19. The molecule has 6 heteroatoms. The predicted molar refractivity (Wildman–Crippen MR) is 112 cm³/mol. The molecule has 1 aliphatic rings. The third-order valence-electron chi connectivity index (χ3n) is 5.12. The molecule has 1 saturated heterocycles. The van der Waals surface area contributed by atoms with Gasteiger partial charge in [0.25, 0.3) is 0 Å². The summed E-state index contributed by atoms with van der Waals surface area (Å²) in [5.74, 6) is 0.909. The van der Waals surface area contributed by atoms with Gasteiger partial charge in [-0.05, 0) is 49.2 Å². The number of fused-ring (bicyclic) bond motifs is 1. The lowest BCUT2D eigenvalue weighted by molar-refractivity contribution is 0.277. The molecule has 5 rings (SSSR count). The molecular formula is C22H19FN4S. The van der Waals surface area contributed by atoms with Crippen LogP contribution in [-0.2, 0) is 0 Å². The number of nitrogens with zero attached hydrogens (tertiary/aromatic N) is 4. The Labute approximate surface area is 166 Å². The molecule has 4 aromatic heterocycles. The zero-order valence-corrected chi connectivity index (χ0v) is 16.1. The lowest BCUT2D eigenvalue weighted by atomic mass is 10.1. The number of hydrogen-bond acceptors (Lipinski definition) is 5. The van der Waals surface area contributed by atoms with Gasteiger partial charge in [0, 0.05) is 53.1 Å². The number of thiophene rings is 1. The van der Waals surface area contributed by atoms with Crippen molar-refractivity contribution in [2.24, 2.45) is 0 Å². The number of alkyl halides is 1. The fourth-order valence-corrected chi connectivity index (χ4v) is 4.55. The number of rotatable bonds is 3. The maximum Gasteiger partial charge on any atom is 0.128 e. The van der Waals surface area contributed by atoms with Crippen LogP contribution >= 0.6 is 11.3 Å². The Morgan fingerprint density at radius 1 is 1.00 bits per heavy atom. The highest BCUT2D eigenvalue weighted by molar-refractivity contribution is 7.21. The number of pyridine rings is 3. The van der Waals surface area contributed by atoms with Crippen LogP contribution in [0, 0.1) is 0 Å². The number of hydrogen-bond donors (Lipinski definition) is 0. The Hall–Kier alpha value is -2.86. The van der Waals surface area contributed by atoms with Gasteiger partial charge in [-0.3, -0.25) is 4.98 Å². The van der Waals surface area contributed by atoms with Gasteiger partial charge >= 0.3 is 0 Å². The quantitative estimate of drug-likeness (QED) is 0.472. The van der Waals surface area contributed by atoms with Gasteiger partial charge in [0.05, 0.1) is 5.69 Å². The van der Waals surface area contributed by atoms with Crippen LogP contribution in [0.15, 0.2) is 61.1 Å². The lowest BCUT2D eigenvalue weighted by Crippen LogP contribution is -2.34. The van der Waals surface area contributed by atoms with Crippen molar-refractivity contribution in [3.8, 4) is 21.7 Å². The van der Waals surface area contributed by atoms with Crippen molar-refractivity contribution in [1.82, 2.24) is 15.0 Å². The van der Waals surface area contributed by atoms with E-state index in [-0.39, 0.29) is 0 Å². The molecule has 0 radical (unpaired) electrons. The molecule has 0 spiro atoms. The zero-order valence-electron chi connectivity index (χ0n) is 15.3. The minimum Gasteiger partial charge on any atom is -0.356 e. The van der Waals surface area contributed by atoms with Crippen LogP contribution in [0.5, 0.6) is 0 Å². The predicted octanol–water partition coefficient (Wildman–Crippen LogP) is 5.36. The van der Waals surface area contributed by atoms with E-state index in [1.54, 1.807) is 17.5 Å². The van der Waals surface area contributed by atoms with Crippen molar-refractivity contribution in [2.45, 2.75) is 19.0 Å². The summed E-state index contributed by atoms with van der Waals surface area (Å²) in [6, 6.07) is 14.4. The summed E-state index contributed by atoms with van der Waals surface area (Å²) in [7, 11) is 0. The number of piperidine rings is 1. The summed E-state index contributed by atoms with van der Waals surface area (Å²) in [4.78, 5) is 18.0. The molecule has 0 atom stereocenters. The van der Waals surface area contributed by atoms with Gasteiger partial charge in [-0.2, -0.15) is 0 Å². The first-order valence-electron chi connectivity index (χ1n) is 9.43. The van der Waals surface area contributed by atoms with Crippen molar-refractivity contribution >= 4 is 27.4 Å². The van der Waals surface area contributed by atoms with Gasteiger partial charge in [0.2, 0.25) is 0 Å². The molecule has 4 aromatic rings. The van der Waals surface area contributed by atoms with Crippen molar-refractivity contribution in [3.05, 3.63) is 61.1 Å². The molecule has 0 aliphatic carbocycles. The van der Waals surface area contributed by atoms with E-state index in [2.05, 4.69) is 33.1 Å². The monoisotopic (exact) mass is 390 g/mol. The van der Waals surface area contributed by atoms with Crippen LogP contribution < -0.4 is 4.90 Å². The summed E-state index contributed by atoms with van der Waals surface area (Å²) in [6.07, 6.45) is 6.01. The van der Waals surface area contributed by atoms with Gasteiger partial charge in [0.15, 0.2) is 0 Å². The summed E-state index contributed by atoms with van der Waals surface area (Å²) in [5.41, 5.74) is 3.01. The molecule has 4 nitrogen and oxygen atoms in total. The Bertz CT molecular complexity index is 1090. The van der Waals surface area contributed by atoms with E-state index >= 15 is 0 Å². The molecule has 0 aromatic carbocycles. The van der Waals surface area contributed by atoms with Crippen molar-refractivity contribution in [3.63, 3.8) is 0 Å². The van der Waals surface area contributed by atoms with Gasteiger partial charge in [-0.1, -0.05) is 6.07 Å². The summed E-state index contributed by atoms with van der Waals surface area (Å²) >= 11 is 1.67. The van der Waals surface area contributed by atoms with Gasteiger partial charge in [0.1, 0.15) is 16.8 Å². The first-order valence-corrected chi connectivity index (χ1v) is 10.2. The van der Waals surface area contributed by atoms with E-state index in [9.17, 15) is 4.39 Å². The molecule has 0 amide bonds. The largest absolute Gasteiger partial charge is 0.356 e. The van der Waals surface area contributed by atoms with Crippen molar-refractivity contribution in [1.29, 1.82) is 0 Å². The van der Waals surface area contributed by atoms with E-state index in [0.29, 0.717) is 12.8 Å². The Morgan fingerprint density at radius 2 is 1.89 bits per heavy atom. The lowest BCUT2D eigenvalue weighted by Gasteiger charge is -2.29. The van der Waals surface area contributed by atoms with Gasteiger partial charge < -0.3 is 4.90 Å². The van der Waals surface area contributed by atoms with E-state index in [4.69, 9.17) is 4.98 Å². The third-order valence-corrected chi connectivity index (χ3v) is 6.21. The van der Waals surface area contributed by atoms with Crippen LogP contribution in [0.1, 0.15) is 12.8 Å². The smallest absolute Gasteiger partial charge is 0.128 e. The van der Waals surface area contributed by atoms with Gasteiger partial charge in [-0.15, -0.1) is 11.3 Å². The molecule has 0 unspecified atom stereocenters. The molecular weight excluding hydrogens is 371 g/mol. The topological polar surface area (TPSA) is 41.9 Å². The molecule has 5 heterocycles. The first kappa shape index (κ1) is 17.3. The first-order chi connectivity index (χ1) is 13.8. The standard InChI is InChI=1S/C22H19FN4S/c23-18-7-10-27(11-8-18)21-6-4-16(14-25-21)19-5-3-15-12-20(28-22(15)26-19)17-2-1-9-24-13-17/h1-6,9,12-14,18H,7-8,10-11H2. The fourth-order valence-electron chi connectivity index (χ4n) is 3.53. The van der Waals surface area contributed by atoms with Crippen LogP contribution in [0.25, 0.3) is 31.9 Å². The number of halogens is 1. The van der Waals surface area contributed by atoms with E-state index < -0.39 is 6.17 Å². The summed E-state index contributed by atoms with van der Waals surface area (Å²) < 4.78 is 13.3. The normalized spacial score (nSPS) is 15.2. The van der Waals surface area contributed by atoms with E-state index in [1.165, 1.54) is 0 Å². The Balaban J connectivity index is 1.41. The zero-order chi connectivity index (χ0) is 18.9. The highest BCUT2D eigenvalue weighted by atomic mass is 32.1. The average molecular weight is 390 g/mol. The van der Waals surface area contributed by atoms with Crippen molar-refractivity contribution < 1.29 is 4.39 Å². The molecule has 0 bridgehead atoms. The molecule has 0 saturated carbocycles. The average Bonchev–Trinajstić information content (AvgIpc) is 3.19. The number of anilines is 1. The third kappa shape index (κ3) is 3.36. The maximum atomic E-state index is 13.3. The van der Waals surface area contributed by atoms with E-state index in [1.807, 2.05) is 36.7 Å². The Kier molecular flexibility index (Phi) is 4.49. The van der Waals surface area contributed by atoms with Gasteiger partial charge in [-0.25, -0.2) is 14.4 Å². The van der Waals surface area contributed by atoms with Crippen LogP contribution in [0.2, 0.25) is 0 Å². The molecule has 1 fully saturated rings. The summed E-state index contributed by atoms with van der Waals surface area (Å²) in [6.45, 7) is 1.45. The SMILES string of the molecule is FC1CCN(c2ccc(-c3ccc4cc(-c5cccnc5)sc4n3)cn2)CC1. The summed E-state index contributed by atoms with van der Waals surface area (Å²) in [5, 5.41) is 1.13. The molecule has 0 N–H and O–H groups in total. The molecule has 140 valence electrons. The van der Waals surface area contributed by atoms with Crippen molar-refractivity contribution in [2.75, 3.05) is 18.0 Å². The molecule has 28 heavy (non-hydrogen) atoms. The molecule has 1 aliphatic heterocycles. The second-order valence-electron chi connectivity index (χ2n) is 7.01. The number of aromatic nitrogens is 3. The van der Waals surface area contributed by atoms with Crippen LogP contribution in [0.3, 0.4) is 0 Å². The minimum absolute atomic E-state index is 0.583. The Morgan fingerprint density at radius 3 is 2.64 bits per heavy atom. The van der Waals surface area contributed by atoms with Crippen LogP contribution in [0.4, 0.5) is 10.2 Å². The fraction of sp³-hybridized carbons (Fsp3) is 0.227. The van der Waals surface area contributed by atoms with Crippen LogP contribution in [-0.4, -0.2) is 34.2 Å². The second kappa shape index (κ2) is 7.28. The maximum absolute atomic E-state index is 13.3. The highest BCUT2D eigenvalue weighted by Crippen LogP contribution is 2.33. The van der Waals surface area contributed by atoms with E-state index in [0.717, 1.165) is 50.8 Å². The second-order valence-corrected chi connectivity index (χ2v) is 8.04.